The third-order valence-corrected chi connectivity index (χ3v) is 5.31. The fraction of sp³-hybridized carbons (Fsp3) is 0.190. The number of H-pyrrole nitrogens is 1. The van der Waals surface area contributed by atoms with Crippen LogP contribution in [0.2, 0.25) is 0 Å². The summed E-state index contributed by atoms with van der Waals surface area (Å²) in [5, 5.41) is 3.96. The lowest BCUT2D eigenvalue weighted by atomic mass is 9.94. The van der Waals surface area contributed by atoms with Crippen LogP contribution in [0.1, 0.15) is 25.2 Å². The second kappa shape index (κ2) is 5.19. The Morgan fingerprint density at radius 1 is 1.11 bits per heavy atom. The van der Waals surface area contributed by atoms with Gasteiger partial charge in [-0.1, -0.05) is 0 Å². The van der Waals surface area contributed by atoms with E-state index in [2.05, 4.69) is 15.3 Å². The number of benzene rings is 1. The number of fused-ring (bicyclic) bond motifs is 4. The lowest BCUT2D eigenvalue weighted by molar-refractivity contribution is 0.532. The van der Waals surface area contributed by atoms with Gasteiger partial charge in [-0.2, -0.15) is 0 Å². The van der Waals surface area contributed by atoms with E-state index < -0.39 is 17.2 Å². The standard InChI is InChI=1S/C21H18F2N4/c1-11-4-5-16-21(2,3)26-15-10-14(22)17(18(23)19(15)27(11)16)12-6-8-24-20-13(12)7-9-25-20/h4-10,26H,1-3H3,(H,24,25). The molecule has 3 aromatic heterocycles. The van der Waals surface area contributed by atoms with Gasteiger partial charge in [-0.15, -0.1) is 0 Å². The maximum atomic E-state index is 15.8. The highest BCUT2D eigenvalue weighted by molar-refractivity contribution is 5.94. The van der Waals surface area contributed by atoms with Crippen LogP contribution in [0.25, 0.3) is 27.8 Å². The average molecular weight is 364 g/mol. The first kappa shape index (κ1) is 16.1. The molecule has 1 aliphatic rings. The Kier molecular flexibility index (Phi) is 3.09. The van der Waals surface area contributed by atoms with E-state index in [4.69, 9.17) is 0 Å². The molecule has 4 heterocycles. The van der Waals surface area contributed by atoms with Crippen molar-refractivity contribution in [1.29, 1.82) is 0 Å². The van der Waals surface area contributed by atoms with E-state index >= 15 is 8.78 Å². The highest BCUT2D eigenvalue weighted by Crippen LogP contribution is 2.44. The number of aromatic nitrogens is 3. The highest BCUT2D eigenvalue weighted by atomic mass is 19.1. The van der Waals surface area contributed by atoms with E-state index in [1.807, 2.05) is 37.5 Å². The second-order valence-corrected chi connectivity index (χ2v) is 7.49. The van der Waals surface area contributed by atoms with E-state index in [0.717, 1.165) is 11.4 Å². The Morgan fingerprint density at radius 3 is 2.74 bits per heavy atom. The van der Waals surface area contributed by atoms with Gasteiger partial charge in [-0.3, -0.25) is 0 Å². The molecule has 1 aromatic carbocycles. The van der Waals surface area contributed by atoms with Crippen molar-refractivity contribution in [2.24, 2.45) is 0 Å². The van der Waals surface area contributed by atoms with Crippen molar-refractivity contribution in [2.75, 3.05) is 5.32 Å². The Balaban J connectivity index is 1.87. The Labute approximate surface area is 154 Å². The largest absolute Gasteiger partial charge is 0.373 e. The van der Waals surface area contributed by atoms with Crippen molar-refractivity contribution >= 4 is 16.7 Å². The summed E-state index contributed by atoms with van der Waals surface area (Å²) in [5.74, 6) is -1.18. The minimum atomic E-state index is -0.600. The summed E-state index contributed by atoms with van der Waals surface area (Å²) in [6.45, 7) is 5.92. The van der Waals surface area contributed by atoms with Crippen molar-refractivity contribution in [3.05, 3.63) is 65.7 Å². The molecule has 0 fully saturated rings. The second-order valence-electron chi connectivity index (χ2n) is 7.49. The summed E-state index contributed by atoms with van der Waals surface area (Å²) >= 11 is 0. The summed E-state index contributed by atoms with van der Waals surface area (Å²) in [6.07, 6.45) is 3.27. The minimum absolute atomic E-state index is 0.0405. The van der Waals surface area contributed by atoms with E-state index in [-0.39, 0.29) is 5.56 Å². The van der Waals surface area contributed by atoms with E-state index in [1.165, 1.54) is 6.07 Å². The first-order valence-corrected chi connectivity index (χ1v) is 8.80. The SMILES string of the molecule is Cc1ccc2n1-c1c(cc(F)c(-c3ccnc4[nH]ccc34)c1F)NC2(C)C. The third kappa shape index (κ3) is 2.10. The normalized spacial score (nSPS) is 14.7. The molecule has 0 aliphatic carbocycles. The number of rotatable bonds is 1. The Hall–Kier alpha value is -3.15. The van der Waals surface area contributed by atoms with E-state index in [9.17, 15) is 0 Å². The van der Waals surface area contributed by atoms with Crippen LogP contribution in [0.4, 0.5) is 14.5 Å². The Morgan fingerprint density at radius 2 is 1.93 bits per heavy atom. The summed E-state index contributed by atoms with van der Waals surface area (Å²) < 4.78 is 32.8. The zero-order valence-electron chi connectivity index (χ0n) is 15.2. The van der Waals surface area contributed by atoms with Crippen molar-refractivity contribution in [3.63, 3.8) is 0 Å². The number of aromatic amines is 1. The molecule has 4 nitrogen and oxygen atoms in total. The fourth-order valence-electron chi connectivity index (χ4n) is 4.07. The molecule has 5 rings (SSSR count). The molecular weight excluding hydrogens is 346 g/mol. The average Bonchev–Trinajstić information content (AvgIpc) is 3.22. The van der Waals surface area contributed by atoms with Gasteiger partial charge >= 0.3 is 0 Å². The number of hydrogen-bond acceptors (Lipinski definition) is 2. The highest BCUT2D eigenvalue weighted by Gasteiger charge is 2.35. The van der Waals surface area contributed by atoms with Gasteiger partial charge in [0.25, 0.3) is 0 Å². The number of nitrogens with one attached hydrogen (secondary N) is 2. The number of anilines is 1. The van der Waals surface area contributed by atoms with Crippen LogP contribution < -0.4 is 5.32 Å². The van der Waals surface area contributed by atoms with Gasteiger partial charge in [0.15, 0.2) is 5.82 Å². The molecule has 0 saturated heterocycles. The van der Waals surface area contributed by atoms with Crippen LogP contribution in [0.15, 0.2) is 42.7 Å². The van der Waals surface area contributed by atoms with Gasteiger partial charge in [0, 0.05) is 34.7 Å². The lowest BCUT2D eigenvalue weighted by Crippen LogP contribution is -2.35. The van der Waals surface area contributed by atoms with E-state index in [0.29, 0.717) is 28.0 Å². The van der Waals surface area contributed by atoms with Gasteiger partial charge < -0.3 is 14.9 Å². The monoisotopic (exact) mass is 364 g/mol. The summed E-state index contributed by atoms with van der Waals surface area (Å²) in [6, 6.07) is 8.74. The molecule has 0 spiro atoms. The predicted octanol–water partition coefficient (Wildman–Crippen LogP) is 5.27. The molecular formula is C21H18F2N4. The van der Waals surface area contributed by atoms with Crippen molar-refractivity contribution in [2.45, 2.75) is 26.3 Å². The molecule has 0 saturated carbocycles. The van der Waals surface area contributed by atoms with Gasteiger partial charge in [0.1, 0.15) is 17.2 Å². The topological polar surface area (TPSA) is 45.6 Å². The predicted molar refractivity (Wildman–Crippen MR) is 102 cm³/mol. The number of pyridine rings is 1. The molecule has 0 unspecified atom stereocenters. The van der Waals surface area contributed by atoms with Crippen LogP contribution in [0, 0.1) is 18.6 Å². The van der Waals surface area contributed by atoms with Crippen LogP contribution in [0.5, 0.6) is 0 Å². The maximum Gasteiger partial charge on any atom is 0.160 e. The number of aryl methyl sites for hydroxylation is 1. The molecule has 0 atom stereocenters. The molecule has 6 heteroatoms. The third-order valence-electron chi connectivity index (χ3n) is 5.31. The molecule has 27 heavy (non-hydrogen) atoms. The first-order valence-electron chi connectivity index (χ1n) is 8.80. The number of halogens is 2. The maximum absolute atomic E-state index is 15.8. The molecule has 4 aromatic rings. The zero-order chi connectivity index (χ0) is 18.9. The zero-order valence-corrected chi connectivity index (χ0v) is 15.2. The molecule has 136 valence electrons. The molecule has 0 radical (unpaired) electrons. The van der Waals surface area contributed by atoms with Crippen LogP contribution in [-0.4, -0.2) is 14.5 Å². The Bertz CT molecular complexity index is 1220. The first-order chi connectivity index (χ1) is 12.9. The lowest BCUT2D eigenvalue weighted by Gasteiger charge is -2.36. The fourth-order valence-corrected chi connectivity index (χ4v) is 4.07. The summed E-state index contributed by atoms with van der Waals surface area (Å²) in [4.78, 5) is 7.21. The van der Waals surface area contributed by atoms with E-state index in [1.54, 1.807) is 24.5 Å². The summed E-state index contributed by atoms with van der Waals surface area (Å²) in [5.41, 5.74) is 3.24. The van der Waals surface area contributed by atoms with Crippen molar-refractivity contribution in [3.8, 4) is 16.8 Å². The van der Waals surface area contributed by atoms with Gasteiger partial charge in [-0.25, -0.2) is 13.8 Å². The molecule has 0 bridgehead atoms. The molecule has 1 aliphatic heterocycles. The van der Waals surface area contributed by atoms with Crippen LogP contribution in [0.3, 0.4) is 0 Å². The van der Waals surface area contributed by atoms with Gasteiger partial charge in [0.05, 0.1) is 16.8 Å². The quantitative estimate of drug-likeness (QED) is 0.483. The van der Waals surface area contributed by atoms with Crippen LogP contribution >= 0.6 is 0 Å². The number of hydrogen-bond donors (Lipinski definition) is 2. The van der Waals surface area contributed by atoms with Crippen molar-refractivity contribution < 1.29 is 8.78 Å². The smallest absolute Gasteiger partial charge is 0.160 e. The van der Waals surface area contributed by atoms with Crippen LogP contribution in [-0.2, 0) is 5.54 Å². The number of nitrogens with zero attached hydrogens (tertiary/aromatic N) is 2. The molecule has 2 N–H and O–H groups in total. The summed E-state index contributed by atoms with van der Waals surface area (Å²) in [7, 11) is 0. The van der Waals surface area contributed by atoms with Gasteiger partial charge in [0.2, 0.25) is 0 Å². The van der Waals surface area contributed by atoms with Gasteiger partial charge in [-0.05, 0) is 51.1 Å². The van der Waals surface area contributed by atoms with Crippen molar-refractivity contribution in [1.82, 2.24) is 14.5 Å². The minimum Gasteiger partial charge on any atom is -0.373 e. The molecule has 0 amide bonds.